The number of rotatable bonds is 5. The summed E-state index contributed by atoms with van der Waals surface area (Å²) in [4.78, 5) is 4.93. The molecule has 5 heterocycles. The normalized spacial score (nSPS) is 12.7. The van der Waals surface area contributed by atoms with Gasteiger partial charge < -0.3 is 4.40 Å². The number of hydrogen-bond donors (Lipinski definition) is 0. The second-order valence-corrected chi connectivity index (χ2v) is 20.2. The molecule has 0 aliphatic heterocycles. The number of nitrogens with zero attached hydrogens (tertiary/aromatic N) is 5. The van der Waals surface area contributed by atoms with E-state index in [0.717, 1.165) is 59.4 Å². The summed E-state index contributed by atoms with van der Waals surface area (Å²) in [5.41, 5.74) is 13.6. The van der Waals surface area contributed by atoms with E-state index in [4.69, 9.17) is 9.72 Å². The van der Waals surface area contributed by atoms with E-state index < -0.39 is 0 Å². The first-order chi connectivity index (χ1) is 30.8. The van der Waals surface area contributed by atoms with Crippen LogP contribution in [0, 0.1) is 22.9 Å². The van der Waals surface area contributed by atoms with Gasteiger partial charge in [-0.2, -0.15) is 0 Å². The van der Waals surface area contributed by atoms with E-state index in [9.17, 15) is 0 Å². The summed E-state index contributed by atoms with van der Waals surface area (Å²) >= 11 is 2.47. The van der Waals surface area contributed by atoms with Crippen LogP contribution in [-0.4, -0.2) is 23.1 Å². The summed E-state index contributed by atoms with van der Waals surface area (Å²) in [6.07, 6.45) is 1.89. The summed E-state index contributed by atoms with van der Waals surface area (Å²) in [7, 11) is 0. The maximum absolute atomic E-state index is 6.74. The van der Waals surface area contributed by atoms with Crippen LogP contribution in [0.25, 0.3) is 88.1 Å². The topological polar surface area (TPSA) is 41.3 Å². The van der Waals surface area contributed by atoms with Crippen molar-refractivity contribution in [2.45, 2.75) is 59.3 Å². The number of hydrogen-bond acceptors (Lipinski definition) is 2. The number of para-hydroxylation sites is 4. The molecule has 6 nitrogen and oxygen atoms in total. The summed E-state index contributed by atoms with van der Waals surface area (Å²) in [6.45, 7) is 15.8. The Balaban J connectivity index is 1.01. The Morgan fingerprint density at radius 1 is 0.516 bits per heavy atom. The molecule has 0 bridgehead atoms. The van der Waals surface area contributed by atoms with E-state index in [2.05, 4.69) is 213 Å². The van der Waals surface area contributed by atoms with Crippen LogP contribution in [-0.2, 0) is 30.2 Å². The van der Waals surface area contributed by atoms with Crippen LogP contribution in [0.1, 0.15) is 58.2 Å². The van der Waals surface area contributed by atoms with E-state index in [-0.39, 0.29) is 10.8 Å². The SMILES string of the molecule is Cc1ccnc(-n2c3[c-]c(Oc4[c-]c(-n5[c](=[Pt])n(-c6cc(C(C)(C)C)cc(C(C)(C)C)c6)c6ccccc65)ccc4)ccc3c3cc4c5cccc6c7ccccc7n(c4cc32)c65)c1. The van der Waals surface area contributed by atoms with E-state index in [1.807, 2.05) is 30.5 Å². The van der Waals surface area contributed by atoms with Crippen molar-refractivity contribution in [1.29, 1.82) is 0 Å². The first-order valence-electron chi connectivity index (χ1n) is 21.9. The minimum absolute atomic E-state index is 0.0116. The smallest absolute Gasteiger partial charge is 0.0620 e. The van der Waals surface area contributed by atoms with Crippen molar-refractivity contribution in [2.24, 2.45) is 0 Å². The van der Waals surface area contributed by atoms with Crippen LogP contribution in [0.5, 0.6) is 11.5 Å². The van der Waals surface area contributed by atoms with E-state index in [0.29, 0.717) is 11.5 Å². The Labute approximate surface area is 382 Å². The van der Waals surface area contributed by atoms with Crippen molar-refractivity contribution in [2.75, 3.05) is 0 Å². The predicted octanol–water partition coefficient (Wildman–Crippen LogP) is 14.4. The third-order valence-corrected chi connectivity index (χ3v) is 14.0. The van der Waals surface area contributed by atoms with Crippen LogP contribution in [0.3, 0.4) is 0 Å². The molecule has 0 aliphatic carbocycles. The van der Waals surface area contributed by atoms with Gasteiger partial charge in [0.1, 0.15) is 0 Å². The predicted molar refractivity (Wildman–Crippen MR) is 259 cm³/mol. The molecule has 64 heavy (non-hydrogen) atoms. The van der Waals surface area contributed by atoms with Crippen molar-refractivity contribution < 1.29 is 24.1 Å². The number of pyridine rings is 1. The molecule has 7 heteroatoms. The van der Waals surface area contributed by atoms with Crippen LogP contribution in [0.15, 0.2) is 146 Å². The van der Waals surface area contributed by atoms with Gasteiger partial charge in [-0.15, -0.1) is 0 Å². The number of ether oxygens (including phenoxy) is 1. The Bertz CT molecular complexity index is 3910. The van der Waals surface area contributed by atoms with Gasteiger partial charge in [-0.1, -0.05) is 36.4 Å². The number of fused-ring (bicyclic) bond motifs is 10. The van der Waals surface area contributed by atoms with Crippen molar-refractivity contribution in [3.05, 3.63) is 178 Å². The van der Waals surface area contributed by atoms with Gasteiger partial charge in [0.2, 0.25) is 0 Å². The molecule has 0 atom stereocenters. The average Bonchev–Trinajstić information content (AvgIpc) is 3.98. The molecule has 316 valence electrons. The van der Waals surface area contributed by atoms with Crippen LogP contribution in [0.4, 0.5) is 0 Å². The Hall–Kier alpha value is -6.75. The number of aryl methyl sites for hydroxylation is 1. The first-order valence-corrected chi connectivity index (χ1v) is 23.0. The van der Waals surface area contributed by atoms with Gasteiger partial charge >= 0.3 is 275 Å². The fraction of sp³-hybridized carbons (Fsp3) is 0.158. The van der Waals surface area contributed by atoms with Gasteiger partial charge in [-0.25, -0.2) is 0 Å². The molecule has 7 aromatic carbocycles. The first kappa shape index (κ1) is 38.9. The zero-order valence-electron chi connectivity index (χ0n) is 36.8. The molecule has 0 N–H and O–H groups in total. The van der Waals surface area contributed by atoms with E-state index in [1.165, 1.54) is 49.2 Å². The van der Waals surface area contributed by atoms with Gasteiger partial charge in [-0.3, -0.25) is 0 Å². The van der Waals surface area contributed by atoms with Crippen molar-refractivity contribution in [3.8, 4) is 28.7 Å². The van der Waals surface area contributed by atoms with Gasteiger partial charge in [0, 0.05) is 27.7 Å². The zero-order chi connectivity index (χ0) is 43.8. The molecule has 0 radical (unpaired) electrons. The monoisotopic (exact) mass is 1010 g/mol. The Morgan fingerprint density at radius 3 is 1.89 bits per heavy atom. The summed E-state index contributed by atoms with van der Waals surface area (Å²) in [5.74, 6) is 2.04. The molecule has 0 aliphatic rings. The molecule has 0 saturated carbocycles. The molecule has 12 rings (SSSR count). The van der Waals surface area contributed by atoms with E-state index in [1.54, 1.807) is 0 Å². The van der Waals surface area contributed by atoms with Gasteiger partial charge in [0.15, 0.2) is 0 Å². The zero-order valence-corrected chi connectivity index (χ0v) is 39.1. The standard InChI is InChI=1S/C57H45N5O.Pt/c1-35-24-25-58-54(26-35)61-51-31-41(22-23-43(51)46-32-47-45-18-13-17-44-42-16-8-9-19-48(42)62(55(44)45)53(47)33-52(46)61)63-40-15-12-14-38(30-40)59-34-60(50-21-11-10-20-49(50)59)39-28-36(56(2,3)4)27-37(29-39)57(5,6)7;/h8-29,32-33H,1-7H3;/q-2;. The molecule has 0 saturated heterocycles. The van der Waals surface area contributed by atoms with Crippen molar-refractivity contribution in [3.63, 3.8) is 0 Å². The second-order valence-electron chi connectivity index (χ2n) is 19.2. The average molecular weight is 1010 g/mol. The molecular formula is C57H45N5OPt-2. The van der Waals surface area contributed by atoms with Crippen molar-refractivity contribution >= 4 is 70.9 Å². The molecule has 0 spiro atoms. The maximum atomic E-state index is 6.74. The van der Waals surface area contributed by atoms with Crippen LogP contribution >= 0.6 is 0 Å². The van der Waals surface area contributed by atoms with E-state index >= 15 is 0 Å². The summed E-state index contributed by atoms with van der Waals surface area (Å²) < 4.78 is 17.1. The third-order valence-electron chi connectivity index (χ3n) is 12.9. The van der Waals surface area contributed by atoms with Crippen LogP contribution in [0.2, 0.25) is 0 Å². The minimum Gasteiger partial charge on any atom is 0.0620 e. The Morgan fingerprint density at radius 2 is 1.16 bits per heavy atom. The molecule has 0 fully saturated rings. The third kappa shape index (κ3) is 5.88. The summed E-state index contributed by atoms with van der Waals surface area (Å²) in [5, 5.41) is 7.25. The molecule has 0 unspecified atom stereocenters. The summed E-state index contributed by atoms with van der Waals surface area (Å²) in [6, 6.07) is 57.6. The molecule has 12 aromatic rings. The van der Waals surface area contributed by atoms with Crippen LogP contribution < -0.4 is 4.74 Å². The molecule has 0 amide bonds. The number of imidazole rings is 1. The van der Waals surface area contributed by atoms with Gasteiger partial charge in [-0.05, 0) is 24.6 Å². The Kier molecular flexibility index (Phi) is 8.43. The fourth-order valence-corrected chi connectivity index (χ4v) is 10.8. The number of benzene rings is 7. The van der Waals surface area contributed by atoms with Gasteiger partial charge in [0.05, 0.1) is 16.6 Å². The quantitative estimate of drug-likeness (QED) is 0.161. The molecular weight excluding hydrogens is 966 g/mol. The van der Waals surface area contributed by atoms with Crippen molar-refractivity contribution in [1.82, 2.24) is 23.1 Å². The second kappa shape index (κ2) is 13.9. The van der Waals surface area contributed by atoms with Gasteiger partial charge in [0.25, 0.3) is 0 Å². The minimum atomic E-state index is -0.0116. The number of aromatic nitrogens is 5. The fourth-order valence-electron chi connectivity index (χ4n) is 9.72. The molecule has 5 aromatic heterocycles.